The number of hydrogen-bond donors (Lipinski definition) is 1. The van der Waals surface area contributed by atoms with Gasteiger partial charge in [-0.1, -0.05) is 6.07 Å². The third-order valence-electron chi connectivity index (χ3n) is 2.36. The number of carbonyl (C=O) groups is 1. The van der Waals surface area contributed by atoms with Gasteiger partial charge in [0.15, 0.2) is 10.7 Å². The van der Waals surface area contributed by atoms with E-state index < -0.39 is 21.0 Å². The van der Waals surface area contributed by atoms with Crippen molar-refractivity contribution in [3.05, 3.63) is 36.4 Å². The average molecular weight is 296 g/mol. The van der Waals surface area contributed by atoms with E-state index in [0.29, 0.717) is 0 Å². The Bertz CT molecular complexity index is 724. The molecular formula is C11H12N4O4S. The average Bonchev–Trinajstić information content (AvgIpc) is 2.84. The van der Waals surface area contributed by atoms with Gasteiger partial charge in [-0.05, 0) is 19.1 Å². The number of hydrogen-bond acceptors (Lipinski definition) is 6. The zero-order chi connectivity index (χ0) is 14.8. The molecule has 0 saturated carbocycles. The molecule has 20 heavy (non-hydrogen) atoms. The molecule has 0 unspecified atom stereocenters. The Morgan fingerprint density at radius 2 is 2.15 bits per heavy atom. The van der Waals surface area contributed by atoms with Gasteiger partial charge in [0.05, 0.1) is 6.61 Å². The van der Waals surface area contributed by atoms with Gasteiger partial charge in [-0.25, -0.2) is 28.3 Å². The summed E-state index contributed by atoms with van der Waals surface area (Å²) in [6, 6.07) is 4.90. The number of imidazole rings is 1. The molecule has 106 valence electrons. The number of ether oxygens (including phenoxy) is 1. The van der Waals surface area contributed by atoms with Crippen LogP contribution < -0.4 is 5.14 Å². The van der Waals surface area contributed by atoms with Crippen LogP contribution in [0.2, 0.25) is 0 Å². The Morgan fingerprint density at radius 3 is 2.70 bits per heavy atom. The molecule has 2 aromatic rings. The summed E-state index contributed by atoms with van der Waals surface area (Å²) in [5.74, 6) is -0.578. The molecule has 0 spiro atoms. The molecule has 0 saturated heterocycles. The van der Waals surface area contributed by atoms with Crippen LogP contribution in [0, 0.1) is 0 Å². The van der Waals surface area contributed by atoms with Crippen molar-refractivity contribution in [3.8, 4) is 5.82 Å². The molecule has 2 aromatic heterocycles. The second-order valence-corrected chi connectivity index (χ2v) is 5.20. The van der Waals surface area contributed by atoms with Crippen molar-refractivity contribution in [2.75, 3.05) is 6.61 Å². The van der Waals surface area contributed by atoms with Crippen molar-refractivity contribution >= 4 is 16.0 Å². The summed E-state index contributed by atoms with van der Waals surface area (Å²) >= 11 is 0. The molecule has 0 radical (unpaired) electrons. The molecule has 9 heteroatoms. The fourth-order valence-corrected chi connectivity index (χ4v) is 2.43. The van der Waals surface area contributed by atoms with Crippen LogP contribution in [0.3, 0.4) is 0 Å². The third-order valence-corrected chi connectivity index (χ3v) is 3.29. The summed E-state index contributed by atoms with van der Waals surface area (Å²) in [6.45, 7) is 1.70. The maximum absolute atomic E-state index is 11.7. The first-order valence-electron chi connectivity index (χ1n) is 5.63. The summed E-state index contributed by atoms with van der Waals surface area (Å²) in [4.78, 5) is 19.5. The van der Waals surface area contributed by atoms with Crippen LogP contribution in [-0.2, 0) is 14.8 Å². The highest BCUT2D eigenvalue weighted by atomic mass is 32.2. The van der Waals surface area contributed by atoms with Crippen LogP contribution in [0.4, 0.5) is 0 Å². The van der Waals surface area contributed by atoms with Crippen LogP contribution in [0.25, 0.3) is 5.82 Å². The van der Waals surface area contributed by atoms with Gasteiger partial charge in [-0.3, -0.25) is 4.57 Å². The van der Waals surface area contributed by atoms with Crippen molar-refractivity contribution in [2.24, 2.45) is 5.14 Å². The summed E-state index contributed by atoms with van der Waals surface area (Å²) in [6.07, 6.45) is 2.64. The maximum atomic E-state index is 11.7. The number of nitrogens with zero attached hydrogens (tertiary/aromatic N) is 3. The van der Waals surface area contributed by atoms with E-state index in [-0.39, 0.29) is 18.1 Å². The van der Waals surface area contributed by atoms with Crippen LogP contribution in [0.15, 0.2) is 35.7 Å². The Labute approximate surface area is 115 Å². The molecule has 0 aliphatic heterocycles. The quantitative estimate of drug-likeness (QED) is 0.799. The Kier molecular flexibility index (Phi) is 3.81. The highest BCUT2D eigenvalue weighted by Gasteiger charge is 2.28. The Balaban J connectivity index is 2.64. The van der Waals surface area contributed by atoms with Gasteiger partial charge >= 0.3 is 5.97 Å². The van der Waals surface area contributed by atoms with Gasteiger partial charge in [0.25, 0.3) is 10.0 Å². The zero-order valence-corrected chi connectivity index (χ0v) is 11.4. The number of nitrogens with two attached hydrogens (primary N) is 1. The number of aromatic nitrogens is 3. The number of carbonyl (C=O) groups excluding carboxylic acids is 1. The second-order valence-electron chi connectivity index (χ2n) is 3.72. The Hall–Kier alpha value is -2.26. The number of pyridine rings is 1. The van der Waals surface area contributed by atoms with Crippen molar-refractivity contribution < 1.29 is 17.9 Å². The lowest BCUT2D eigenvalue weighted by atomic mass is 10.4. The molecule has 0 fully saturated rings. The van der Waals surface area contributed by atoms with Gasteiger partial charge in [0.2, 0.25) is 0 Å². The zero-order valence-electron chi connectivity index (χ0n) is 10.6. The fraction of sp³-hybridized carbons (Fsp3) is 0.182. The third kappa shape index (κ3) is 2.68. The first-order valence-corrected chi connectivity index (χ1v) is 7.18. The summed E-state index contributed by atoms with van der Waals surface area (Å²) in [5.41, 5.74) is -0.361. The van der Waals surface area contributed by atoms with Crippen molar-refractivity contribution in [1.82, 2.24) is 14.5 Å². The van der Waals surface area contributed by atoms with Gasteiger partial charge in [0, 0.05) is 6.20 Å². The minimum Gasteiger partial charge on any atom is -0.461 e. The lowest BCUT2D eigenvalue weighted by Gasteiger charge is -2.06. The van der Waals surface area contributed by atoms with Crippen LogP contribution in [0.5, 0.6) is 0 Å². The fourth-order valence-electron chi connectivity index (χ4n) is 1.61. The summed E-state index contributed by atoms with van der Waals surface area (Å²) < 4.78 is 29.3. The molecule has 2 N–H and O–H groups in total. The smallest absolute Gasteiger partial charge is 0.360 e. The highest BCUT2D eigenvalue weighted by Crippen LogP contribution is 2.18. The van der Waals surface area contributed by atoms with Gasteiger partial charge in [-0.2, -0.15) is 0 Å². The molecule has 0 atom stereocenters. The summed E-state index contributed by atoms with van der Waals surface area (Å²) in [7, 11) is -4.17. The first-order chi connectivity index (χ1) is 9.45. The van der Waals surface area contributed by atoms with Crippen molar-refractivity contribution in [3.63, 3.8) is 0 Å². The lowest BCUT2D eigenvalue weighted by Crippen LogP contribution is -2.21. The largest absolute Gasteiger partial charge is 0.461 e. The van der Waals surface area contributed by atoms with Crippen molar-refractivity contribution in [1.29, 1.82) is 0 Å². The molecule has 0 aliphatic carbocycles. The molecule has 2 rings (SSSR count). The van der Waals surface area contributed by atoms with E-state index in [1.54, 1.807) is 25.1 Å². The van der Waals surface area contributed by atoms with E-state index in [2.05, 4.69) is 9.97 Å². The predicted octanol–water partition coefficient (Wildman–Crippen LogP) is 0.0914. The minimum atomic E-state index is -4.17. The van der Waals surface area contributed by atoms with E-state index in [0.717, 1.165) is 10.9 Å². The van der Waals surface area contributed by atoms with E-state index >= 15 is 0 Å². The van der Waals surface area contributed by atoms with Crippen LogP contribution in [-0.4, -0.2) is 35.5 Å². The van der Waals surface area contributed by atoms with E-state index in [1.165, 1.54) is 6.20 Å². The molecule has 0 aliphatic rings. The maximum Gasteiger partial charge on any atom is 0.360 e. The molecular weight excluding hydrogens is 284 g/mol. The van der Waals surface area contributed by atoms with Crippen LogP contribution >= 0.6 is 0 Å². The minimum absolute atomic E-state index is 0.0966. The van der Waals surface area contributed by atoms with Gasteiger partial charge < -0.3 is 4.74 Å². The first kappa shape index (κ1) is 14.2. The SMILES string of the molecule is CCOC(=O)c1ncn(-c2ccccn2)c1S(N)(=O)=O. The molecule has 8 nitrogen and oxygen atoms in total. The normalized spacial score (nSPS) is 11.3. The van der Waals surface area contributed by atoms with Crippen molar-refractivity contribution in [2.45, 2.75) is 11.9 Å². The number of rotatable bonds is 4. The number of primary sulfonamides is 1. The van der Waals surface area contributed by atoms with Gasteiger partial charge in [0.1, 0.15) is 12.1 Å². The monoisotopic (exact) mass is 296 g/mol. The van der Waals surface area contributed by atoms with E-state index in [1.807, 2.05) is 0 Å². The molecule has 0 bridgehead atoms. The molecule has 0 amide bonds. The number of sulfonamides is 1. The number of esters is 1. The molecule has 2 heterocycles. The van der Waals surface area contributed by atoms with E-state index in [9.17, 15) is 13.2 Å². The summed E-state index contributed by atoms with van der Waals surface area (Å²) in [5, 5.41) is 4.70. The van der Waals surface area contributed by atoms with Crippen LogP contribution in [0.1, 0.15) is 17.4 Å². The highest BCUT2D eigenvalue weighted by molar-refractivity contribution is 7.89. The topological polar surface area (TPSA) is 117 Å². The Morgan fingerprint density at radius 1 is 1.40 bits per heavy atom. The standard InChI is InChI=1S/C11H12N4O4S/c1-2-19-11(16)9-10(20(12,17)18)15(7-14-9)8-5-3-4-6-13-8/h3-7H,2H2,1H3,(H2,12,17,18). The lowest BCUT2D eigenvalue weighted by molar-refractivity contribution is 0.0515. The van der Waals surface area contributed by atoms with Gasteiger partial charge in [-0.15, -0.1) is 0 Å². The second kappa shape index (κ2) is 5.39. The van der Waals surface area contributed by atoms with E-state index in [4.69, 9.17) is 9.88 Å². The predicted molar refractivity (Wildman–Crippen MR) is 68.7 cm³/mol. The molecule has 0 aromatic carbocycles.